The molecule has 0 saturated heterocycles. The van der Waals surface area contributed by atoms with Crippen molar-refractivity contribution >= 4 is 33.2 Å². The van der Waals surface area contributed by atoms with Gasteiger partial charge in [0.2, 0.25) is 0 Å². The first kappa shape index (κ1) is 15.3. The molecule has 0 aliphatic rings. The Labute approximate surface area is 131 Å². The third-order valence-corrected chi connectivity index (χ3v) is 3.71. The zero-order valence-corrected chi connectivity index (χ0v) is 13.3. The van der Waals surface area contributed by atoms with Gasteiger partial charge in [-0.15, -0.1) is 0 Å². The van der Waals surface area contributed by atoms with Crippen LogP contribution >= 0.6 is 27.5 Å². The van der Waals surface area contributed by atoms with Crippen LogP contribution in [0.25, 0.3) is 0 Å². The number of nitrogens with two attached hydrogens (primary N) is 1. The van der Waals surface area contributed by atoms with Crippen molar-refractivity contribution in [1.29, 1.82) is 0 Å². The number of aryl methyl sites for hydroxylation is 1. The Kier molecular flexibility index (Phi) is 5.02. The highest BCUT2D eigenvalue weighted by Crippen LogP contribution is 2.26. The SMILES string of the molecule is Cc1cc(Br)cc(NC(CN)c2ccc(F)c(Cl)c2)c1. The van der Waals surface area contributed by atoms with E-state index in [9.17, 15) is 4.39 Å². The third-order valence-electron chi connectivity index (χ3n) is 2.96. The average molecular weight is 358 g/mol. The Bertz CT molecular complexity index is 599. The summed E-state index contributed by atoms with van der Waals surface area (Å²) in [6.45, 7) is 2.40. The van der Waals surface area contributed by atoms with E-state index in [1.165, 1.54) is 6.07 Å². The highest BCUT2D eigenvalue weighted by molar-refractivity contribution is 9.10. The number of hydrogen-bond acceptors (Lipinski definition) is 2. The van der Waals surface area contributed by atoms with E-state index in [1.807, 2.05) is 25.1 Å². The van der Waals surface area contributed by atoms with Crippen molar-refractivity contribution in [3.63, 3.8) is 0 Å². The molecule has 0 aliphatic heterocycles. The highest BCUT2D eigenvalue weighted by atomic mass is 79.9. The van der Waals surface area contributed by atoms with Crippen molar-refractivity contribution in [2.45, 2.75) is 13.0 Å². The van der Waals surface area contributed by atoms with Crippen molar-refractivity contribution in [2.24, 2.45) is 5.73 Å². The molecule has 2 aromatic rings. The number of benzene rings is 2. The van der Waals surface area contributed by atoms with Gasteiger partial charge in [0.05, 0.1) is 11.1 Å². The van der Waals surface area contributed by atoms with E-state index in [-0.39, 0.29) is 11.1 Å². The Hall–Kier alpha value is -1.10. The lowest BCUT2D eigenvalue weighted by Gasteiger charge is -2.19. The third kappa shape index (κ3) is 3.72. The zero-order chi connectivity index (χ0) is 14.7. The summed E-state index contributed by atoms with van der Waals surface area (Å²) in [5.41, 5.74) is 8.75. The summed E-state index contributed by atoms with van der Waals surface area (Å²) < 4.78 is 14.2. The second-order valence-electron chi connectivity index (χ2n) is 4.62. The van der Waals surface area contributed by atoms with E-state index in [0.717, 1.165) is 21.3 Å². The number of hydrogen-bond donors (Lipinski definition) is 2. The lowest BCUT2D eigenvalue weighted by Crippen LogP contribution is -2.20. The van der Waals surface area contributed by atoms with Gasteiger partial charge < -0.3 is 11.1 Å². The molecule has 0 fully saturated rings. The predicted molar refractivity (Wildman–Crippen MR) is 85.7 cm³/mol. The van der Waals surface area contributed by atoms with Crippen LogP contribution in [0.4, 0.5) is 10.1 Å². The van der Waals surface area contributed by atoms with Crippen molar-refractivity contribution in [3.05, 3.63) is 62.8 Å². The molecule has 2 rings (SSSR count). The van der Waals surface area contributed by atoms with Crippen LogP contribution < -0.4 is 11.1 Å². The molecular formula is C15H15BrClFN2. The zero-order valence-electron chi connectivity index (χ0n) is 11.0. The van der Waals surface area contributed by atoms with Gasteiger partial charge in [-0.1, -0.05) is 33.6 Å². The molecule has 0 bridgehead atoms. The minimum absolute atomic E-state index is 0.105. The minimum Gasteiger partial charge on any atom is -0.377 e. The van der Waals surface area contributed by atoms with E-state index in [0.29, 0.717) is 6.54 Å². The molecule has 0 aliphatic carbocycles. The van der Waals surface area contributed by atoms with Gasteiger partial charge in [-0.2, -0.15) is 0 Å². The highest BCUT2D eigenvalue weighted by Gasteiger charge is 2.12. The van der Waals surface area contributed by atoms with Crippen molar-refractivity contribution < 1.29 is 4.39 Å². The summed E-state index contributed by atoms with van der Waals surface area (Å²) in [5, 5.41) is 3.44. The van der Waals surface area contributed by atoms with Gasteiger partial charge in [-0.05, 0) is 48.4 Å². The number of anilines is 1. The van der Waals surface area contributed by atoms with E-state index in [4.69, 9.17) is 17.3 Å². The molecule has 106 valence electrons. The van der Waals surface area contributed by atoms with Crippen LogP contribution in [0.15, 0.2) is 40.9 Å². The lowest BCUT2D eigenvalue weighted by atomic mass is 10.1. The summed E-state index contributed by atoms with van der Waals surface area (Å²) in [4.78, 5) is 0. The van der Waals surface area contributed by atoms with Gasteiger partial charge in [-0.3, -0.25) is 0 Å². The van der Waals surface area contributed by atoms with Crippen LogP contribution in [0.1, 0.15) is 17.2 Å². The second kappa shape index (κ2) is 6.57. The second-order valence-corrected chi connectivity index (χ2v) is 5.95. The fourth-order valence-electron chi connectivity index (χ4n) is 2.03. The molecule has 0 heterocycles. The smallest absolute Gasteiger partial charge is 0.141 e. The normalized spacial score (nSPS) is 12.2. The molecule has 2 aromatic carbocycles. The molecule has 0 aromatic heterocycles. The van der Waals surface area contributed by atoms with E-state index < -0.39 is 5.82 Å². The Morgan fingerprint density at radius 3 is 2.65 bits per heavy atom. The molecular weight excluding hydrogens is 343 g/mol. The van der Waals surface area contributed by atoms with Crippen LogP contribution in [0, 0.1) is 12.7 Å². The van der Waals surface area contributed by atoms with Gasteiger partial charge >= 0.3 is 0 Å². The lowest BCUT2D eigenvalue weighted by molar-refractivity contribution is 0.626. The maximum atomic E-state index is 13.2. The van der Waals surface area contributed by atoms with Crippen LogP contribution in [-0.4, -0.2) is 6.54 Å². The topological polar surface area (TPSA) is 38.0 Å². The molecule has 0 saturated carbocycles. The van der Waals surface area contributed by atoms with Crippen LogP contribution in [0.5, 0.6) is 0 Å². The first-order valence-corrected chi connectivity index (χ1v) is 7.35. The number of rotatable bonds is 4. The number of nitrogens with one attached hydrogen (secondary N) is 1. The Morgan fingerprint density at radius 1 is 1.30 bits per heavy atom. The van der Waals surface area contributed by atoms with Crippen molar-refractivity contribution in [1.82, 2.24) is 0 Å². The summed E-state index contributed by atoms with van der Waals surface area (Å²) in [6.07, 6.45) is 0. The molecule has 0 spiro atoms. The Balaban J connectivity index is 2.26. The monoisotopic (exact) mass is 356 g/mol. The number of halogens is 3. The molecule has 0 amide bonds. The average Bonchev–Trinajstić information content (AvgIpc) is 2.38. The van der Waals surface area contributed by atoms with E-state index >= 15 is 0 Å². The van der Waals surface area contributed by atoms with Crippen LogP contribution in [0.3, 0.4) is 0 Å². The first-order chi connectivity index (χ1) is 9.49. The summed E-state index contributed by atoms with van der Waals surface area (Å²) in [7, 11) is 0. The standard InChI is InChI=1S/C15H15BrClFN2/c1-9-4-11(16)7-12(5-9)20-15(8-19)10-2-3-14(18)13(17)6-10/h2-7,15,20H,8,19H2,1H3. The molecule has 20 heavy (non-hydrogen) atoms. The largest absolute Gasteiger partial charge is 0.377 e. The van der Waals surface area contributed by atoms with Gasteiger partial charge in [0, 0.05) is 16.7 Å². The molecule has 5 heteroatoms. The van der Waals surface area contributed by atoms with Gasteiger partial charge in [0.25, 0.3) is 0 Å². The maximum Gasteiger partial charge on any atom is 0.141 e. The fourth-order valence-corrected chi connectivity index (χ4v) is 2.83. The molecule has 2 nitrogen and oxygen atoms in total. The Morgan fingerprint density at radius 2 is 2.05 bits per heavy atom. The summed E-state index contributed by atoms with van der Waals surface area (Å²) in [6, 6.07) is 10.6. The maximum absolute atomic E-state index is 13.2. The van der Waals surface area contributed by atoms with Gasteiger partial charge in [0.1, 0.15) is 5.82 Å². The summed E-state index contributed by atoms with van der Waals surface area (Å²) in [5.74, 6) is -0.426. The van der Waals surface area contributed by atoms with E-state index in [1.54, 1.807) is 12.1 Å². The first-order valence-electron chi connectivity index (χ1n) is 6.18. The molecule has 0 radical (unpaired) electrons. The predicted octanol–water partition coefficient (Wildman–Crippen LogP) is 4.66. The quantitative estimate of drug-likeness (QED) is 0.835. The van der Waals surface area contributed by atoms with Crippen molar-refractivity contribution in [2.75, 3.05) is 11.9 Å². The van der Waals surface area contributed by atoms with Crippen LogP contribution in [-0.2, 0) is 0 Å². The van der Waals surface area contributed by atoms with Gasteiger partial charge in [-0.25, -0.2) is 4.39 Å². The van der Waals surface area contributed by atoms with Crippen LogP contribution in [0.2, 0.25) is 5.02 Å². The molecule has 1 atom stereocenters. The fraction of sp³-hybridized carbons (Fsp3) is 0.200. The molecule has 1 unspecified atom stereocenters. The molecule has 3 N–H and O–H groups in total. The van der Waals surface area contributed by atoms with Gasteiger partial charge in [0.15, 0.2) is 0 Å². The summed E-state index contributed by atoms with van der Waals surface area (Å²) >= 11 is 9.28. The van der Waals surface area contributed by atoms with Crippen molar-refractivity contribution in [3.8, 4) is 0 Å². The minimum atomic E-state index is -0.426. The van der Waals surface area contributed by atoms with E-state index in [2.05, 4.69) is 21.2 Å².